The molecule has 0 saturated carbocycles. The van der Waals surface area contributed by atoms with Gasteiger partial charge < -0.3 is 11.1 Å². The summed E-state index contributed by atoms with van der Waals surface area (Å²) < 4.78 is 0. The zero-order chi connectivity index (χ0) is 13.5. The summed E-state index contributed by atoms with van der Waals surface area (Å²) in [4.78, 5) is 11.7. The topological polar surface area (TPSA) is 78.9 Å². The normalized spacial score (nSPS) is 11.9. The largest absolute Gasteiger partial charge is 0.351 e. The Morgan fingerprint density at radius 2 is 2.22 bits per heavy atom. The monoisotopic (exact) mass is 245 g/mol. The Balaban J connectivity index is 2.49. The van der Waals surface area contributed by atoms with E-state index in [-0.39, 0.29) is 5.91 Å². The molecule has 1 amide bonds. The van der Waals surface area contributed by atoms with Crippen LogP contribution in [-0.4, -0.2) is 11.9 Å². The molecule has 18 heavy (non-hydrogen) atoms. The van der Waals surface area contributed by atoms with Crippen LogP contribution >= 0.6 is 0 Å². The number of amides is 1. The van der Waals surface area contributed by atoms with Crippen molar-refractivity contribution in [3.8, 4) is 6.07 Å². The molecule has 1 atom stereocenters. The molecule has 96 valence electrons. The van der Waals surface area contributed by atoms with E-state index in [9.17, 15) is 4.79 Å². The molecule has 0 saturated heterocycles. The number of nitrogens with two attached hydrogens (primary N) is 1. The van der Waals surface area contributed by atoms with Gasteiger partial charge in [0, 0.05) is 6.54 Å². The molecular weight excluding hydrogens is 226 g/mol. The fourth-order valence-electron chi connectivity index (χ4n) is 1.69. The van der Waals surface area contributed by atoms with E-state index in [1.807, 2.05) is 19.9 Å². The van der Waals surface area contributed by atoms with E-state index in [0.29, 0.717) is 24.4 Å². The Labute approximate surface area is 108 Å². The minimum atomic E-state index is -0.468. The number of nitrogens with zero attached hydrogens (tertiary/aromatic N) is 1. The van der Waals surface area contributed by atoms with Crippen LogP contribution in [0.15, 0.2) is 24.3 Å². The van der Waals surface area contributed by atoms with Crippen LogP contribution in [0.2, 0.25) is 0 Å². The van der Waals surface area contributed by atoms with Gasteiger partial charge in [0.25, 0.3) is 0 Å². The predicted molar refractivity (Wildman–Crippen MR) is 70.4 cm³/mol. The van der Waals surface area contributed by atoms with Crippen LogP contribution in [-0.2, 0) is 11.3 Å². The Morgan fingerprint density at radius 1 is 1.50 bits per heavy atom. The Hall–Kier alpha value is -1.86. The summed E-state index contributed by atoms with van der Waals surface area (Å²) in [6.45, 7) is 4.47. The highest BCUT2D eigenvalue weighted by molar-refractivity contribution is 5.81. The number of rotatable bonds is 5. The molecule has 0 unspecified atom stereocenters. The Morgan fingerprint density at radius 3 is 2.83 bits per heavy atom. The first-order chi connectivity index (χ1) is 8.52. The van der Waals surface area contributed by atoms with E-state index in [1.165, 1.54) is 0 Å². The molecule has 1 aromatic carbocycles. The molecule has 0 bridgehead atoms. The van der Waals surface area contributed by atoms with Crippen molar-refractivity contribution < 1.29 is 4.79 Å². The smallest absolute Gasteiger partial charge is 0.237 e. The van der Waals surface area contributed by atoms with Gasteiger partial charge in [-0.05, 0) is 30.0 Å². The van der Waals surface area contributed by atoms with Crippen molar-refractivity contribution in [1.29, 1.82) is 5.26 Å². The molecule has 0 radical (unpaired) electrons. The van der Waals surface area contributed by atoms with Gasteiger partial charge in [-0.15, -0.1) is 0 Å². The lowest BCUT2D eigenvalue weighted by atomic mass is 10.0. The number of nitriles is 1. The highest BCUT2D eigenvalue weighted by Gasteiger charge is 2.14. The van der Waals surface area contributed by atoms with Crippen LogP contribution in [0.3, 0.4) is 0 Å². The SMILES string of the molecule is CC(C)C[C@H](N)C(=O)NCc1cccc(C#N)c1. The summed E-state index contributed by atoms with van der Waals surface area (Å²) in [5.74, 6) is 0.249. The van der Waals surface area contributed by atoms with Gasteiger partial charge in [-0.3, -0.25) is 4.79 Å². The van der Waals surface area contributed by atoms with E-state index < -0.39 is 6.04 Å². The van der Waals surface area contributed by atoms with Gasteiger partial charge in [0.2, 0.25) is 5.91 Å². The van der Waals surface area contributed by atoms with Crippen molar-refractivity contribution in [2.45, 2.75) is 32.9 Å². The Kier molecular flexibility index (Phi) is 5.34. The third kappa shape index (κ3) is 4.56. The number of hydrogen-bond acceptors (Lipinski definition) is 3. The summed E-state index contributed by atoms with van der Waals surface area (Å²) in [5, 5.41) is 11.6. The van der Waals surface area contributed by atoms with E-state index in [2.05, 4.69) is 11.4 Å². The second-order valence-electron chi connectivity index (χ2n) is 4.77. The molecular formula is C14H19N3O. The molecule has 0 aliphatic carbocycles. The van der Waals surface area contributed by atoms with Crippen LogP contribution in [0.1, 0.15) is 31.4 Å². The Bertz CT molecular complexity index is 449. The maximum Gasteiger partial charge on any atom is 0.237 e. The van der Waals surface area contributed by atoms with Crippen LogP contribution in [0.25, 0.3) is 0 Å². The third-order valence-electron chi connectivity index (χ3n) is 2.58. The number of carbonyl (C=O) groups is 1. The maximum absolute atomic E-state index is 11.7. The van der Waals surface area contributed by atoms with E-state index >= 15 is 0 Å². The lowest BCUT2D eigenvalue weighted by molar-refractivity contribution is -0.122. The second-order valence-corrected chi connectivity index (χ2v) is 4.77. The predicted octanol–water partition coefficient (Wildman–Crippen LogP) is 1.55. The molecule has 4 heteroatoms. The van der Waals surface area contributed by atoms with E-state index in [0.717, 1.165) is 5.56 Å². The molecule has 0 heterocycles. The van der Waals surface area contributed by atoms with Crippen molar-refractivity contribution in [3.63, 3.8) is 0 Å². The minimum absolute atomic E-state index is 0.147. The summed E-state index contributed by atoms with van der Waals surface area (Å²) in [6.07, 6.45) is 0.671. The van der Waals surface area contributed by atoms with Gasteiger partial charge in [-0.2, -0.15) is 5.26 Å². The van der Waals surface area contributed by atoms with Crippen LogP contribution < -0.4 is 11.1 Å². The lowest BCUT2D eigenvalue weighted by Crippen LogP contribution is -2.41. The maximum atomic E-state index is 11.7. The van der Waals surface area contributed by atoms with Crippen LogP contribution in [0.4, 0.5) is 0 Å². The molecule has 1 rings (SSSR count). The fraction of sp³-hybridized carbons (Fsp3) is 0.429. The number of benzene rings is 1. The first-order valence-electron chi connectivity index (χ1n) is 6.05. The summed E-state index contributed by atoms with van der Waals surface area (Å²) in [6, 6.07) is 8.76. The van der Waals surface area contributed by atoms with Crippen molar-refractivity contribution in [3.05, 3.63) is 35.4 Å². The fourth-order valence-corrected chi connectivity index (χ4v) is 1.69. The molecule has 0 aromatic heterocycles. The molecule has 0 spiro atoms. The van der Waals surface area contributed by atoms with Gasteiger partial charge in [0.1, 0.15) is 0 Å². The van der Waals surface area contributed by atoms with Crippen molar-refractivity contribution in [2.75, 3.05) is 0 Å². The third-order valence-corrected chi connectivity index (χ3v) is 2.58. The second kappa shape index (κ2) is 6.77. The van der Waals surface area contributed by atoms with Crippen LogP contribution in [0, 0.1) is 17.2 Å². The van der Waals surface area contributed by atoms with Gasteiger partial charge in [0.05, 0.1) is 17.7 Å². The van der Waals surface area contributed by atoms with E-state index in [4.69, 9.17) is 11.0 Å². The average molecular weight is 245 g/mol. The summed E-state index contributed by atoms with van der Waals surface area (Å²) in [5.41, 5.74) is 7.27. The summed E-state index contributed by atoms with van der Waals surface area (Å²) >= 11 is 0. The molecule has 4 nitrogen and oxygen atoms in total. The van der Waals surface area contributed by atoms with Gasteiger partial charge in [0.15, 0.2) is 0 Å². The molecule has 3 N–H and O–H groups in total. The number of nitrogens with one attached hydrogen (secondary N) is 1. The van der Waals surface area contributed by atoms with Crippen molar-refractivity contribution in [1.82, 2.24) is 5.32 Å². The highest BCUT2D eigenvalue weighted by Crippen LogP contribution is 2.05. The molecule has 0 aliphatic rings. The summed E-state index contributed by atoms with van der Waals surface area (Å²) in [7, 11) is 0. The highest BCUT2D eigenvalue weighted by atomic mass is 16.2. The number of hydrogen-bond donors (Lipinski definition) is 2. The van der Waals surface area contributed by atoms with Crippen LogP contribution in [0.5, 0.6) is 0 Å². The van der Waals surface area contributed by atoms with Crippen molar-refractivity contribution in [2.24, 2.45) is 11.7 Å². The van der Waals surface area contributed by atoms with Crippen molar-refractivity contribution >= 4 is 5.91 Å². The lowest BCUT2D eigenvalue weighted by Gasteiger charge is -2.14. The quantitative estimate of drug-likeness (QED) is 0.826. The average Bonchev–Trinajstić information content (AvgIpc) is 2.35. The zero-order valence-corrected chi connectivity index (χ0v) is 10.8. The first-order valence-corrected chi connectivity index (χ1v) is 6.05. The number of carbonyl (C=O) groups excluding carboxylic acids is 1. The standard InChI is InChI=1S/C14H19N3O/c1-10(2)6-13(16)14(18)17-9-12-5-3-4-11(7-12)8-15/h3-5,7,10,13H,6,9,16H2,1-2H3,(H,17,18)/t13-/m0/s1. The van der Waals surface area contributed by atoms with Gasteiger partial charge in [-0.1, -0.05) is 26.0 Å². The first kappa shape index (κ1) is 14.2. The minimum Gasteiger partial charge on any atom is -0.351 e. The van der Waals surface area contributed by atoms with Gasteiger partial charge in [-0.25, -0.2) is 0 Å². The molecule has 0 aliphatic heterocycles. The van der Waals surface area contributed by atoms with E-state index in [1.54, 1.807) is 18.2 Å². The zero-order valence-electron chi connectivity index (χ0n) is 10.8. The van der Waals surface area contributed by atoms with Gasteiger partial charge >= 0.3 is 0 Å². The molecule has 0 fully saturated rings. The molecule has 1 aromatic rings.